The van der Waals surface area contributed by atoms with E-state index in [0.29, 0.717) is 0 Å². The van der Waals surface area contributed by atoms with Crippen LogP contribution in [0.5, 0.6) is 0 Å². The van der Waals surface area contributed by atoms with Crippen LogP contribution in [0, 0.1) is 0 Å². The minimum atomic E-state index is 1.28. The van der Waals surface area contributed by atoms with Crippen molar-refractivity contribution < 1.29 is 20.0 Å². The van der Waals surface area contributed by atoms with Crippen molar-refractivity contribution in [2.75, 3.05) is 0 Å². The standard InChI is InChI=1S/C12H10.2C5H5.CH2.Ti/c1-3-7-11(8-4-1)12-9-5-2-6-10-12;2*1-2-4-5-3-1;;/h1-10H;2*1-5H;1H2;/q;2*-1;;+2. The summed E-state index contributed by atoms with van der Waals surface area (Å²) in [6, 6.07) is 40.8. The van der Waals surface area contributed by atoms with Crippen molar-refractivity contribution in [3.05, 3.63) is 121 Å². The van der Waals surface area contributed by atoms with Crippen LogP contribution in [0.2, 0.25) is 0 Å². The second kappa shape index (κ2) is 14.3. The van der Waals surface area contributed by atoms with Crippen molar-refractivity contribution in [1.82, 2.24) is 0 Å². The second-order valence-corrected chi connectivity index (χ2v) is 4.66. The van der Waals surface area contributed by atoms with E-state index < -0.39 is 0 Å². The van der Waals surface area contributed by atoms with Gasteiger partial charge in [-0.3, -0.25) is 0 Å². The molecule has 1 heteroatoms. The summed E-state index contributed by atoms with van der Waals surface area (Å²) in [6.07, 6.45) is 0. The van der Waals surface area contributed by atoms with E-state index in [0.717, 1.165) is 0 Å². The largest absolute Gasteiger partial charge is 0.214 e. The third kappa shape index (κ3) is 9.00. The Balaban J connectivity index is 0.000000199. The van der Waals surface area contributed by atoms with Crippen LogP contribution in [-0.2, 0) is 20.0 Å². The minimum absolute atomic E-state index is 1.28. The molecule has 0 heterocycles. The van der Waals surface area contributed by atoms with Gasteiger partial charge in [0.15, 0.2) is 0 Å². The van der Waals surface area contributed by atoms with Gasteiger partial charge in [0, 0.05) is 0 Å². The predicted octanol–water partition coefficient (Wildman–Crippen LogP) is 6.13. The molecular weight excluding hydrogens is 324 g/mol. The van der Waals surface area contributed by atoms with Crippen LogP contribution in [0.25, 0.3) is 11.1 Å². The van der Waals surface area contributed by atoms with Crippen molar-refractivity contribution in [3.8, 4) is 11.1 Å². The number of hydrogen-bond acceptors (Lipinski definition) is 0. The summed E-state index contributed by atoms with van der Waals surface area (Å²) in [5.41, 5.74) is 2.55. The van der Waals surface area contributed by atoms with Gasteiger partial charge < -0.3 is 0 Å². The maximum atomic E-state index is 3.25. The molecule has 4 aromatic carbocycles. The van der Waals surface area contributed by atoms with Gasteiger partial charge in [0.2, 0.25) is 0 Å². The molecule has 24 heavy (non-hydrogen) atoms. The zero-order chi connectivity index (χ0) is 17.3. The third-order valence-corrected chi connectivity index (χ3v) is 2.99. The molecule has 0 unspecified atom stereocenters. The Labute approximate surface area is 157 Å². The Kier molecular flexibility index (Phi) is 11.8. The molecule has 0 saturated heterocycles. The first-order valence-corrected chi connectivity index (χ1v) is 8.86. The molecule has 0 radical (unpaired) electrons. The number of benzene rings is 2. The first-order valence-electron chi connectivity index (χ1n) is 7.76. The zero-order valence-corrected chi connectivity index (χ0v) is 15.3. The summed E-state index contributed by atoms with van der Waals surface area (Å²) in [4.78, 5) is 3.25. The van der Waals surface area contributed by atoms with E-state index in [-0.39, 0.29) is 0 Å². The molecule has 0 aliphatic carbocycles. The van der Waals surface area contributed by atoms with Crippen molar-refractivity contribution in [1.29, 1.82) is 0 Å². The molecule has 0 aliphatic rings. The fraction of sp³-hybridized carbons (Fsp3) is 0. The van der Waals surface area contributed by atoms with Crippen LogP contribution in [-0.4, -0.2) is 4.82 Å². The number of hydrogen-bond donors (Lipinski definition) is 0. The molecule has 4 rings (SSSR count). The van der Waals surface area contributed by atoms with Crippen LogP contribution in [0.15, 0.2) is 121 Å². The van der Waals surface area contributed by atoms with E-state index in [2.05, 4.69) is 53.3 Å². The summed E-state index contributed by atoms with van der Waals surface area (Å²) < 4.78 is 0. The van der Waals surface area contributed by atoms with Crippen LogP contribution in [0.1, 0.15) is 0 Å². The molecule has 0 nitrogen and oxygen atoms in total. The smallest absolute Gasteiger partial charge is 0.0184 e. The maximum Gasteiger partial charge on any atom is -0.0184 e. The van der Waals surface area contributed by atoms with Gasteiger partial charge >= 0.3 is 24.8 Å². The van der Waals surface area contributed by atoms with E-state index >= 15 is 0 Å². The van der Waals surface area contributed by atoms with Crippen LogP contribution in [0.3, 0.4) is 0 Å². The molecule has 0 spiro atoms. The van der Waals surface area contributed by atoms with E-state index in [9.17, 15) is 0 Å². The molecule has 0 fully saturated rings. The van der Waals surface area contributed by atoms with Gasteiger partial charge in [-0.25, -0.2) is 24.3 Å². The topological polar surface area (TPSA) is 0 Å². The summed E-state index contributed by atoms with van der Waals surface area (Å²) in [5.74, 6) is 0. The van der Waals surface area contributed by atoms with Gasteiger partial charge in [-0.05, 0) is 11.1 Å². The molecule has 0 N–H and O–H groups in total. The summed E-state index contributed by atoms with van der Waals surface area (Å²) in [5, 5.41) is 0. The van der Waals surface area contributed by atoms with Crippen molar-refractivity contribution in [2.24, 2.45) is 0 Å². The first-order chi connectivity index (χ1) is 12.0. The van der Waals surface area contributed by atoms with E-state index in [4.69, 9.17) is 0 Å². The molecular formula is C23H22Ti. The Hall–Kier alpha value is -2.28. The zero-order valence-electron chi connectivity index (χ0n) is 13.8. The molecule has 0 amide bonds. The third-order valence-electron chi connectivity index (χ3n) is 2.99. The fourth-order valence-electron chi connectivity index (χ4n) is 1.90. The van der Waals surface area contributed by atoms with E-state index in [1.807, 2.05) is 72.8 Å². The molecule has 0 aliphatic heterocycles. The first kappa shape index (κ1) is 19.8. The van der Waals surface area contributed by atoms with E-state index in [1.54, 1.807) is 20.0 Å². The monoisotopic (exact) mass is 346 g/mol. The minimum Gasteiger partial charge on any atom is -0.214 e. The number of rotatable bonds is 1. The Morgan fingerprint density at radius 3 is 0.958 bits per heavy atom. The average Bonchev–Trinajstić information content (AvgIpc) is 3.43. The van der Waals surface area contributed by atoms with E-state index in [1.165, 1.54) is 11.1 Å². The average molecular weight is 346 g/mol. The van der Waals surface area contributed by atoms with Gasteiger partial charge in [-0.2, -0.15) is 36.4 Å². The van der Waals surface area contributed by atoms with Gasteiger partial charge in [0.25, 0.3) is 0 Å². The Bertz CT molecular complexity index is 582. The second-order valence-electron chi connectivity index (χ2n) is 4.66. The predicted molar refractivity (Wildman–Crippen MR) is 103 cm³/mol. The SMILES string of the molecule is [CH2]=[Ti+2].c1cc[cH-]c1.c1cc[cH-]c1.c1ccc(-c2ccccc2)cc1. The van der Waals surface area contributed by atoms with Crippen LogP contribution in [0.4, 0.5) is 0 Å². The normalized spacial score (nSPS) is 8.42. The van der Waals surface area contributed by atoms with Crippen molar-refractivity contribution in [2.45, 2.75) is 0 Å². The molecule has 4 aromatic rings. The summed E-state index contributed by atoms with van der Waals surface area (Å²) >= 11 is 1.75. The Morgan fingerprint density at radius 2 is 0.750 bits per heavy atom. The maximum absolute atomic E-state index is 3.25. The van der Waals surface area contributed by atoms with Gasteiger partial charge in [-0.15, -0.1) is 0 Å². The summed E-state index contributed by atoms with van der Waals surface area (Å²) in [7, 11) is 0. The molecule has 0 bridgehead atoms. The molecule has 0 atom stereocenters. The quantitative estimate of drug-likeness (QED) is 0.287. The molecule has 0 saturated carbocycles. The van der Waals surface area contributed by atoms with Gasteiger partial charge in [0.1, 0.15) is 0 Å². The molecule has 118 valence electrons. The fourth-order valence-corrected chi connectivity index (χ4v) is 1.90. The van der Waals surface area contributed by atoms with Gasteiger partial charge in [-0.1, -0.05) is 60.7 Å². The molecule has 0 aromatic heterocycles. The van der Waals surface area contributed by atoms with Crippen molar-refractivity contribution >= 4 is 4.82 Å². The van der Waals surface area contributed by atoms with Crippen LogP contribution >= 0.6 is 0 Å². The summed E-state index contributed by atoms with van der Waals surface area (Å²) in [6.45, 7) is 0. The van der Waals surface area contributed by atoms with Gasteiger partial charge in [0.05, 0.1) is 0 Å². The van der Waals surface area contributed by atoms with Crippen LogP contribution < -0.4 is 0 Å². The Morgan fingerprint density at radius 1 is 0.458 bits per heavy atom. The van der Waals surface area contributed by atoms with Crippen molar-refractivity contribution in [3.63, 3.8) is 0 Å².